The van der Waals surface area contributed by atoms with Crippen LogP contribution in [0.1, 0.15) is 18.1 Å². The summed E-state index contributed by atoms with van der Waals surface area (Å²) < 4.78 is 0. The van der Waals surface area contributed by atoms with E-state index in [4.69, 9.17) is 0 Å². The zero-order chi connectivity index (χ0) is 16.2. The van der Waals surface area contributed by atoms with Gasteiger partial charge in [-0.1, -0.05) is 30.3 Å². The first kappa shape index (κ1) is 19.8. The van der Waals surface area contributed by atoms with Crippen LogP contribution in [0.4, 0.5) is 11.4 Å². The molecule has 2 aromatic rings. The normalized spacial score (nSPS) is 12.7. The number of hydrogen-bond acceptors (Lipinski definition) is 3. The van der Waals surface area contributed by atoms with Gasteiger partial charge in [0, 0.05) is 5.69 Å². The van der Waals surface area contributed by atoms with Gasteiger partial charge in [-0.15, -0.1) is 6.07 Å². The quantitative estimate of drug-likeness (QED) is 0.693. The minimum Gasteiger partial charge on any atom is -0.382 e. The molecule has 0 spiro atoms. The molecule has 3 N–H and O–H groups in total. The van der Waals surface area contributed by atoms with Gasteiger partial charge >= 0.3 is 32.7 Å². The van der Waals surface area contributed by atoms with E-state index in [1.807, 2.05) is 44.2 Å². The molecule has 1 unspecified atom stereocenters. The molecule has 5 heteroatoms. The molecule has 0 fully saturated rings. The second-order valence-corrected chi connectivity index (χ2v) is 5.71. The first-order chi connectivity index (χ1) is 10.4. The van der Waals surface area contributed by atoms with E-state index in [1.54, 1.807) is 12.1 Å². The number of benzene rings is 2. The third-order valence-electron chi connectivity index (χ3n) is 3.40. The van der Waals surface area contributed by atoms with Crippen LogP contribution >= 0.6 is 0 Å². The molecule has 1 amide bonds. The number of anilines is 2. The number of carbonyl (C=O) groups excluding carboxylic acids is 1. The van der Waals surface area contributed by atoms with Crippen LogP contribution in [-0.2, 0) is 37.5 Å². The molecular formula is C18H21N2O2Y+2. The standard InChI is InChI=1S/C18H21N2O2.Y/c1-13-4-8-15(9-5-13)19-12-18(3,22)17(21)20-16-10-6-14(2)7-11-16;/h4-6,8-11,19,22H,12H2,1-3H3,(H,20,21);/q-1;+3. The van der Waals surface area contributed by atoms with Crippen LogP contribution in [0.25, 0.3) is 0 Å². The topological polar surface area (TPSA) is 61.4 Å². The van der Waals surface area contributed by atoms with E-state index >= 15 is 0 Å². The van der Waals surface area contributed by atoms with Gasteiger partial charge in [-0.2, -0.15) is 23.8 Å². The number of aryl methyl sites for hydroxylation is 2. The molecule has 0 radical (unpaired) electrons. The Bertz CT molecular complexity index is 637. The van der Waals surface area contributed by atoms with Gasteiger partial charge in [0.2, 0.25) is 5.91 Å². The van der Waals surface area contributed by atoms with Crippen LogP contribution in [0.2, 0.25) is 0 Å². The molecule has 0 heterocycles. The average molecular weight is 386 g/mol. The molecule has 0 saturated carbocycles. The van der Waals surface area contributed by atoms with Gasteiger partial charge in [-0.3, -0.25) is 4.79 Å². The van der Waals surface area contributed by atoms with Crippen molar-refractivity contribution in [1.82, 2.24) is 0 Å². The summed E-state index contributed by atoms with van der Waals surface area (Å²) in [5.74, 6) is -0.454. The molecule has 0 aromatic heterocycles. The Kier molecular flexibility index (Phi) is 7.39. The van der Waals surface area contributed by atoms with Crippen LogP contribution in [0.3, 0.4) is 0 Å². The minimum absolute atomic E-state index is 0. The van der Waals surface area contributed by atoms with Crippen molar-refractivity contribution in [2.24, 2.45) is 0 Å². The van der Waals surface area contributed by atoms with Crippen molar-refractivity contribution in [2.75, 3.05) is 17.2 Å². The maximum Gasteiger partial charge on any atom is 3.00 e. The van der Waals surface area contributed by atoms with Crippen molar-refractivity contribution in [3.63, 3.8) is 0 Å². The fraction of sp³-hybridized carbons (Fsp3) is 0.278. The molecule has 116 valence electrons. The molecule has 4 nitrogen and oxygen atoms in total. The molecule has 2 aromatic carbocycles. The van der Waals surface area contributed by atoms with Crippen molar-refractivity contribution in [3.05, 3.63) is 59.7 Å². The average Bonchev–Trinajstić information content (AvgIpc) is 2.49. The fourth-order valence-corrected chi connectivity index (χ4v) is 1.87. The van der Waals surface area contributed by atoms with E-state index in [1.165, 1.54) is 6.92 Å². The molecule has 1 atom stereocenters. The first-order valence-corrected chi connectivity index (χ1v) is 7.19. The minimum atomic E-state index is -1.52. The molecule has 0 saturated heterocycles. The molecule has 2 rings (SSSR count). The van der Waals surface area contributed by atoms with Gasteiger partial charge in [-0.25, -0.2) is 0 Å². The predicted molar refractivity (Wildman–Crippen MR) is 88.9 cm³/mol. The van der Waals surface area contributed by atoms with E-state index in [0.717, 1.165) is 16.8 Å². The Morgan fingerprint density at radius 1 is 1.13 bits per heavy atom. The van der Waals surface area contributed by atoms with Crippen LogP contribution in [0.15, 0.2) is 42.5 Å². The summed E-state index contributed by atoms with van der Waals surface area (Å²) in [4.78, 5) is 12.2. The zero-order valence-electron chi connectivity index (χ0n) is 13.7. The second-order valence-electron chi connectivity index (χ2n) is 5.71. The monoisotopic (exact) mass is 386 g/mol. The summed E-state index contributed by atoms with van der Waals surface area (Å²) in [5, 5.41) is 16.1. The van der Waals surface area contributed by atoms with E-state index in [9.17, 15) is 9.90 Å². The predicted octanol–water partition coefficient (Wildman–Crippen LogP) is 2.90. The largest absolute Gasteiger partial charge is 3.00 e. The molecule has 23 heavy (non-hydrogen) atoms. The summed E-state index contributed by atoms with van der Waals surface area (Å²) in [6.07, 6.45) is 0. The van der Waals surface area contributed by atoms with Gasteiger partial charge in [0.15, 0.2) is 5.60 Å². The van der Waals surface area contributed by atoms with Crippen molar-refractivity contribution >= 4 is 17.3 Å². The van der Waals surface area contributed by atoms with Gasteiger partial charge in [-0.05, 0) is 26.0 Å². The van der Waals surface area contributed by atoms with Crippen molar-refractivity contribution < 1.29 is 42.6 Å². The van der Waals surface area contributed by atoms with Crippen molar-refractivity contribution in [1.29, 1.82) is 0 Å². The summed E-state index contributed by atoms with van der Waals surface area (Å²) in [5.41, 5.74) is 2.11. The molecule has 0 bridgehead atoms. The van der Waals surface area contributed by atoms with E-state index in [0.29, 0.717) is 5.69 Å². The zero-order valence-corrected chi connectivity index (χ0v) is 16.5. The maximum atomic E-state index is 12.2. The number of nitrogens with one attached hydrogen (secondary N) is 2. The van der Waals surface area contributed by atoms with E-state index in [2.05, 4.69) is 16.7 Å². The fourth-order valence-electron chi connectivity index (χ4n) is 1.87. The SMILES string of the molecule is Cc1[c-]cc(NC(=O)C(C)(O)CNc2ccc(C)cc2)cc1.[Y+3]. The van der Waals surface area contributed by atoms with Gasteiger partial charge < -0.3 is 15.7 Å². The van der Waals surface area contributed by atoms with E-state index in [-0.39, 0.29) is 39.3 Å². The van der Waals surface area contributed by atoms with Gasteiger partial charge in [0.1, 0.15) is 0 Å². The van der Waals surface area contributed by atoms with Crippen LogP contribution in [0.5, 0.6) is 0 Å². The third kappa shape index (κ3) is 6.06. The maximum absolute atomic E-state index is 12.2. The number of aliphatic hydroxyl groups is 1. The summed E-state index contributed by atoms with van der Waals surface area (Å²) in [7, 11) is 0. The van der Waals surface area contributed by atoms with Crippen molar-refractivity contribution in [3.8, 4) is 0 Å². The van der Waals surface area contributed by atoms with Gasteiger partial charge in [0.05, 0.1) is 6.54 Å². The third-order valence-corrected chi connectivity index (χ3v) is 3.40. The molecule has 0 aliphatic rings. The smallest absolute Gasteiger partial charge is 0.382 e. The Morgan fingerprint density at radius 2 is 1.74 bits per heavy atom. The molecule has 0 aliphatic carbocycles. The van der Waals surface area contributed by atoms with Crippen LogP contribution in [-0.4, -0.2) is 23.2 Å². The summed E-state index contributed by atoms with van der Waals surface area (Å²) >= 11 is 0. The Hall–Kier alpha value is -1.23. The molecule has 0 aliphatic heterocycles. The summed E-state index contributed by atoms with van der Waals surface area (Å²) in [6, 6.07) is 16.1. The van der Waals surface area contributed by atoms with Crippen LogP contribution in [0, 0.1) is 19.9 Å². The Morgan fingerprint density at radius 3 is 2.30 bits per heavy atom. The van der Waals surface area contributed by atoms with E-state index < -0.39 is 11.5 Å². The van der Waals surface area contributed by atoms with Crippen molar-refractivity contribution in [2.45, 2.75) is 26.4 Å². The number of amides is 1. The number of hydrogen-bond donors (Lipinski definition) is 3. The molecular weight excluding hydrogens is 365 g/mol. The van der Waals surface area contributed by atoms with Gasteiger partial charge in [0.25, 0.3) is 0 Å². The Labute approximate surface area is 162 Å². The van der Waals surface area contributed by atoms with Crippen LogP contribution < -0.4 is 10.6 Å². The summed E-state index contributed by atoms with van der Waals surface area (Å²) in [6.45, 7) is 5.54. The number of rotatable bonds is 5. The second kappa shape index (κ2) is 8.58. The Balaban J connectivity index is 0.00000264. The number of carbonyl (C=O) groups is 1. The first-order valence-electron chi connectivity index (χ1n) is 7.19.